The van der Waals surface area contributed by atoms with E-state index in [9.17, 15) is 5.11 Å². The summed E-state index contributed by atoms with van der Waals surface area (Å²) in [5.74, 6) is 0.146. The van der Waals surface area contributed by atoms with E-state index < -0.39 is 0 Å². The lowest BCUT2D eigenvalue weighted by Crippen LogP contribution is -2.45. The van der Waals surface area contributed by atoms with Crippen LogP contribution in [0, 0.1) is 5.92 Å². The van der Waals surface area contributed by atoms with E-state index in [4.69, 9.17) is 9.47 Å². The molecule has 0 radical (unpaired) electrons. The molecule has 0 bridgehead atoms. The van der Waals surface area contributed by atoms with Crippen LogP contribution in [0.1, 0.15) is 39.0 Å². The fourth-order valence-corrected chi connectivity index (χ4v) is 3.56. The number of nitrogens with zero attached hydrogens (tertiary/aromatic N) is 1. The lowest BCUT2D eigenvalue weighted by Gasteiger charge is -2.35. The Morgan fingerprint density at radius 2 is 2.11 bits per heavy atom. The smallest absolute Gasteiger partial charge is 0.168 e. The van der Waals surface area contributed by atoms with Crippen LogP contribution < -0.4 is 0 Å². The zero-order chi connectivity index (χ0) is 12.6. The summed E-state index contributed by atoms with van der Waals surface area (Å²) in [4.78, 5) is 2.42. The van der Waals surface area contributed by atoms with Crippen LogP contribution >= 0.6 is 0 Å². The zero-order valence-corrected chi connectivity index (χ0v) is 11.3. The summed E-state index contributed by atoms with van der Waals surface area (Å²) in [7, 11) is 0. The van der Waals surface area contributed by atoms with Gasteiger partial charge < -0.3 is 19.5 Å². The fraction of sp³-hybridized carbons (Fsp3) is 1.00. The van der Waals surface area contributed by atoms with Crippen LogP contribution in [0.25, 0.3) is 0 Å². The highest BCUT2D eigenvalue weighted by molar-refractivity contribution is 4.86. The number of aliphatic hydroxyl groups is 1. The molecular formula is C14H25NO3. The molecule has 3 atom stereocenters. The first-order chi connectivity index (χ1) is 8.67. The summed E-state index contributed by atoms with van der Waals surface area (Å²) in [6.07, 6.45) is 5.60. The van der Waals surface area contributed by atoms with Gasteiger partial charge in [0.1, 0.15) is 0 Å². The molecule has 2 saturated heterocycles. The molecule has 104 valence electrons. The molecule has 0 aromatic rings. The Kier molecular flexibility index (Phi) is 3.63. The molecule has 2 aliphatic heterocycles. The quantitative estimate of drug-likeness (QED) is 0.809. The van der Waals surface area contributed by atoms with Crippen molar-refractivity contribution in [1.29, 1.82) is 0 Å². The van der Waals surface area contributed by atoms with Crippen molar-refractivity contribution < 1.29 is 14.6 Å². The third-order valence-electron chi connectivity index (χ3n) is 4.69. The molecule has 1 aliphatic carbocycles. The molecular weight excluding hydrogens is 230 g/mol. The van der Waals surface area contributed by atoms with Gasteiger partial charge in [-0.05, 0) is 25.2 Å². The van der Waals surface area contributed by atoms with Crippen LogP contribution in [0.3, 0.4) is 0 Å². The standard InChI is InChI=1S/C14H25NO3/c1-11-8-15(7-4-13(11)16)9-12-10-17-14(18-12)5-2-3-6-14/h11-13,16H,2-10H2,1H3. The predicted octanol–water partition coefficient (Wildman–Crippen LogP) is 1.37. The maximum Gasteiger partial charge on any atom is 0.168 e. The first-order valence-electron chi connectivity index (χ1n) is 7.39. The van der Waals surface area contributed by atoms with Gasteiger partial charge in [0, 0.05) is 32.5 Å². The van der Waals surface area contributed by atoms with Gasteiger partial charge in [0.05, 0.1) is 18.8 Å². The number of hydrogen-bond acceptors (Lipinski definition) is 4. The van der Waals surface area contributed by atoms with Crippen molar-refractivity contribution in [3.05, 3.63) is 0 Å². The van der Waals surface area contributed by atoms with Crippen molar-refractivity contribution in [2.75, 3.05) is 26.2 Å². The number of ether oxygens (including phenoxy) is 2. The van der Waals surface area contributed by atoms with Gasteiger partial charge in [0.15, 0.2) is 5.79 Å². The molecule has 0 aromatic carbocycles. The molecule has 4 nitrogen and oxygen atoms in total. The molecule has 0 amide bonds. The van der Waals surface area contributed by atoms with E-state index in [-0.39, 0.29) is 18.0 Å². The average Bonchev–Trinajstić information content (AvgIpc) is 2.96. The van der Waals surface area contributed by atoms with Gasteiger partial charge in [-0.25, -0.2) is 0 Å². The lowest BCUT2D eigenvalue weighted by molar-refractivity contribution is -0.164. The Morgan fingerprint density at radius 1 is 1.33 bits per heavy atom. The second-order valence-electron chi connectivity index (χ2n) is 6.26. The molecule has 4 heteroatoms. The van der Waals surface area contributed by atoms with Crippen LogP contribution in [0.5, 0.6) is 0 Å². The van der Waals surface area contributed by atoms with Crippen LogP contribution in [-0.4, -0.2) is 54.2 Å². The summed E-state index contributed by atoms with van der Waals surface area (Å²) in [5, 5.41) is 9.74. The molecule has 2 heterocycles. The average molecular weight is 255 g/mol. The highest BCUT2D eigenvalue weighted by Gasteiger charge is 2.44. The van der Waals surface area contributed by atoms with Crippen molar-refractivity contribution in [3.8, 4) is 0 Å². The van der Waals surface area contributed by atoms with E-state index >= 15 is 0 Å². The second-order valence-corrected chi connectivity index (χ2v) is 6.26. The molecule has 0 aromatic heterocycles. The monoisotopic (exact) mass is 255 g/mol. The summed E-state index contributed by atoms with van der Waals surface area (Å²) in [6, 6.07) is 0. The second kappa shape index (κ2) is 5.08. The highest BCUT2D eigenvalue weighted by atomic mass is 16.7. The van der Waals surface area contributed by atoms with Gasteiger partial charge in [0.25, 0.3) is 0 Å². The van der Waals surface area contributed by atoms with E-state index in [2.05, 4.69) is 11.8 Å². The number of rotatable bonds is 2. The Balaban J connectivity index is 1.49. The lowest BCUT2D eigenvalue weighted by atomic mass is 9.96. The minimum absolute atomic E-state index is 0.122. The minimum atomic E-state index is -0.231. The molecule has 18 heavy (non-hydrogen) atoms. The zero-order valence-electron chi connectivity index (χ0n) is 11.3. The maximum atomic E-state index is 9.74. The fourth-order valence-electron chi connectivity index (χ4n) is 3.56. The first-order valence-corrected chi connectivity index (χ1v) is 7.39. The molecule has 1 saturated carbocycles. The van der Waals surface area contributed by atoms with E-state index in [1.807, 2.05) is 0 Å². The van der Waals surface area contributed by atoms with Crippen LogP contribution in [-0.2, 0) is 9.47 Å². The summed E-state index contributed by atoms with van der Waals surface area (Å²) >= 11 is 0. The maximum absolute atomic E-state index is 9.74. The Hall–Kier alpha value is -0.160. The third-order valence-corrected chi connectivity index (χ3v) is 4.69. The number of piperidine rings is 1. The third kappa shape index (κ3) is 2.57. The van der Waals surface area contributed by atoms with Gasteiger partial charge >= 0.3 is 0 Å². The Morgan fingerprint density at radius 3 is 2.83 bits per heavy atom. The first kappa shape index (κ1) is 12.9. The molecule has 3 rings (SSSR count). The van der Waals surface area contributed by atoms with Gasteiger partial charge in [-0.1, -0.05) is 6.92 Å². The van der Waals surface area contributed by atoms with Crippen molar-refractivity contribution in [1.82, 2.24) is 4.90 Å². The number of hydrogen-bond donors (Lipinski definition) is 1. The number of aliphatic hydroxyl groups excluding tert-OH is 1. The summed E-state index contributed by atoms with van der Waals surface area (Å²) < 4.78 is 12.1. The largest absolute Gasteiger partial charge is 0.393 e. The summed E-state index contributed by atoms with van der Waals surface area (Å²) in [5.41, 5.74) is 0. The van der Waals surface area contributed by atoms with Gasteiger partial charge in [0.2, 0.25) is 0 Å². The highest BCUT2D eigenvalue weighted by Crippen LogP contribution is 2.39. The topological polar surface area (TPSA) is 41.9 Å². The van der Waals surface area contributed by atoms with Crippen LogP contribution in [0.2, 0.25) is 0 Å². The Bertz CT molecular complexity index is 291. The molecule has 3 fully saturated rings. The van der Waals surface area contributed by atoms with Crippen LogP contribution in [0.4, 0.5) is 0 Å². The molecule has 1 N–H and O–H groups in total. The van der Waals surface area contributed by atoms with Crippen molar-refractivity contribution in [2.24, 2.45) is 5.92 Å². The van der Waals surface area contributed by atoms with Gasteiger partial charge in [-0.15, -0.1) is 0 Å². The molecule has 3 aliphatic rings. The Labute approximate surface area is 109 Å². The predicted molar refractivity (Wildman–Crippen MR) is 68.3 cm³/mol. The summed E-state index contributed by atoms with van der Waals surface area (Å²) in [6.45, 7) is 5.79. The SMILES string of the molecule is CC1CN(CC2COC3(CCCC3)O2)CCC1O. The van der Waals surface area contributed by atoms with Crippen LogP contribution in [0.15, 0.2) is 0 Å². The van der Waals surface area contributed by atoms with E-state index in [0.717, 1.165) is 45.5 Å². The van der Waals surface area contributed by atoms with E-state index in [0.29, 0.717) is 5.92 Å². The van der Waals surface area contributed by atoms with Gasteiger partial charge in [-0.2, -0.15) is 0 Å². The van der Waals surface area contributed by atoms with Crippen molar-refractivity contribution >= 4 is 0 Å². The molecule has 1 spiro atoms. The van der Waals surface area contributed by atoms with E-state index in [1.165, 1.54) is 12.8 Å². The van der Waals surface area contributed by atoms with Gasteiger partial charge in [-0.3, -0.25) is 0 Å². The van der Waals surface area contributed by atoms with Crippen molar-refractivity contribution in [3.63, 3.8) is 0 Å². The van der Waals surface area contributed by atoms with E-state index in [1.54, 1.807) is 0 Å². The normalized spacial score (nSPS) is 40.7. The number of likely N-dealkylation sites (tertiary alicyclic amines) is 1. The molecule has 3 unspecified atom stereocenters. The van der Waals surface area contributed by atoms with Crippen molar-refractivity contribution in [2.45, 2.75) is 57.0 Å². The minimum Gasteiger partial charge on any atom is -0.393 e.